The van der Waals surface area contributed by atoms with Crippen LogP contribution in [0.15, 0.2) is 59.5 Å². The van der Waals surface area contributed by atoms with E-state index in [1.54, 1.807) is 30.3 Å². The van der Waals surface area contributed by atoms with E-state index in [9.17, 15) is 18.0 Å². The summed E-state index contributed by atoms with van der Waals surface area (Å²) in [6.45, 7) is 3.25. The Morgan fingerprint density at radius 1 is 1.03 bits per heavy atom. The molecule has 0 aliphatic rings. The molecule has 0 aliphatic carbocycles. The molecule has 8 nitrogen and oxygen atoms in total. The van der Waals surface area contributed by atoms with Crippen molar-refractivity contribution in [2.75, 3.05) is 18.4 Å². The van der Waals surface area contributed by atoms with Crippen LogP contribution in [0.2, 0.25) is 0 Å². The van der Waals surface area contributed by atoms with Crippen molar-refractivity contribution in [3.63, 3.8) is 0 Å². The number of Topliss-reactive ketones (excluding diaryl/α,β-unsaturated/α-hetero) is 1. The van der Waals surface area contributed by atoms with Crippen LogP contribution in [0.4, 0.5) is 5.69 Å². The molecule has 0 saturated heterocycles. The van der Waals surface area contributed by atoms with Crippen LogP contribution in [-0.2, 0) is 21.8 Å². The van der Waals surface area contributed by atoms with Gasteiger partial charge in [0.25, 0.3) is 10.0 Å². The molecule has 0 radical (unpaired) electrons. The van der Waals surface area contributed by atoms with Gasteiger partial charge in [0.1, 0.15) is 5.75 Å². The Bertz CT molecular complexity index is 1260. The molecule has 1 heterocycles. The monoisotopic (exact) mass is 456 g/mol. The minimum absolute atomic E-state index is 0.0244. The van der Waals surface area contributed by atoms with Gasteiger partial charge in [-0.1, -0.05) is 6.07 Å². The number of aryl methyl sites for hydroxylation is 1. The summed E-state index contributed by atoms with van der Waals surface area (Å²) in [5.74, 6) is -0.525. The molecule has 2 aromatic carbocycles. The van der Waals surface area contributed by atoms with E-state index in [2.05, 4.69) is 4.72 Å². The highest BCUT2D eigenvalue weighted by molar-refractivity contribution is 7.92. The molecule has 0 spiro atoms. The van der Waals surface area contributed by atoms with Gasteiger partial charge in [0.15, 0.2) is 6.61 Å². The van der Waals surface area contributed by atoms with Gasteiger partial charge in [-0.3, -0.25) is 9.52 Å². The second kappa shape index (κ2) is 9.27. The van der Waals surface area contributed by atoms with Gasteiger partial charge in [-0.15, -0.1) is 0 Å². The molecule has 0 amide bonds. The number of ether oxygens (including phenoxy) is 2. The topological polar surface area (TPSA) is 104 Å². The number of aromatic nitrogens is 1. The summed E-state index contributed by atoms with van der Waals surface area (Å²) in [6, 6.07) is 13.5. The summed E-state index contributed by atoms with van der Waals surface area (Å²) >= 11 is 0. The second-order valence-corrected chi connectivity index (χ2v) is 8.89. The fourth-order valence-corrected chi connectivity index (χ4v) is 4.20. The third kappa shape index (κ3) is 5.00. The molecule has 0 fully saturated rings. The van der Waals surface area contributed by atoms with Gasteiger partial charge in [-0.05, 0) is 62.4 Å². The van der Waals surface area contributed by atoms with Crippen LogP contribution in [-0.4, -0.2) is 38.5 Å². The molecule has 0 atom stereocenters. The number of rotatable bonds is 8. The normalized spacial score (nSPS) is 11.1. The van der Waals surface area contributed by atoms with Crippen LogP contribution in [0.3, 0.4) is 0 Å². The molecule has 0 saturated carbocycles. The van der Waals surface area contributed by atoms with E-state index in [0.717, 1.165) is 11.4 Å². The first-order chi connectivity index (χ1) is 15.1. The first-order valence-electron chi connectivity index (χ1n) is 9.72. The third-order valence-electron chi connectivity index (χ3n) is 5.13. The van der Waals surface area contributed by atoms with Crippen molar-refractivity contribution in [2.24, 2.45) is 7.05 Å². The number of methoxy groups -OCH3 is 1. The molecule has 32 heavy (non-hydrogen) atoms. The lowest BCUT2D eigenvalue weighted by Crippen LogP contribution is -2.16. The Hall–Kier alpha value is -3.59. The van der Waals surface area contributed by atoms with Crippen molar-refractivity contribution >= 4 is 27.5 Å². The molecule has 1 N–H and O–H groups in total. The van der Waals surface area contributed by atoms with Crippen molar-refractivity contribution in [3.05, 3.63) is 77.1 Å². The molecule has 9 heteroatoms. The van der Waals surface area contributed by atoms with E-state index >= 15 is 0 Å². The van der Waals surface area contributed by atoms with Crippen molar-refractivity contribution in [3.8, 4) is 5.75 Å². The van der Waals surface area contributed by atoms with Crippen LogP contribution in [0, 0.1) is 13.8 Å². The van der Waals surface area contributed by atoms with E-state index in [-0.39, 0.29) is 16.2 Å². The van der Waals surface area contributed by atoms with E-state index in [1.165, 1.54) is 31.4 Å². The number of hydrogen-bond donors (Lipinski definition) is 1. The predicted octanol–water partition coefficient (Wildman–Crippen LogP) is 3.49. The zero-order valence-electron chi connectivity index (χ0n) is 18.2. The zero-order chi connectivity index (χ0) is 23.5. The Morgan fingerprint density at radius 2 is 1.72 bits per heavy atom. The number of carbonyl (C=O) groups is 2. The fraction of sp³-hybridized carbons (Fsp3) is 0.217. The summed E-state index contributed by atoms with van der Waals surface area (Å²) < 4.78 is 39.9. The molecule has 1 aromatic heterocycles. The van der Waals surface area contributed by atoms with Crippen LogP contribution in [0.25, 0.3) is 0 Å². The molecular weight excluding hydrogens is 432 g/mol. The number of carbonyl (C=O) groups excluding carboxylic acids is 2. The number of ketones is 1. The Labute approximate surface area is 186 Å². The maximum absolute atomic E-state index is 12.7. The quantitative estimate of drug-likeness (QED) is 0.411. The van der Waals surface area contributed by atoms with E-state index < -0.39 is 22.6 Å². The van der Waals surface area contributed by atoms with Crippen molar-refractivity contribution in [1.29, 1.82) is 0 Å². The highest BCUT2D eigenvalue weighted by atomic mass is 32.2. The molecule has 3 rings (SSSR count). The number of sulfonamides is 1. The van der Waals surface area contributed by atoms with Gasteiger partial charge in [0.2, 0.25) is 5.78 Å². The minimum Gasteiger partial charge on any atom is -0.497 e. The Kier molecular flexibility index (Phi) is 6.69. The fourth-order valence-electron chi connectivity index (χ4n) is 3.09. The molecule has 0 bridgehead atoms. The van der Waals surface area contributed by atoms with Gasteiger partial charge in [-0.25, -0.2) is 13.2 Å². The van der Waals surface area contributed by atoms with Crippen molar-refractivity contribution in [1.82, 2.24) is 4.57 Å². The molecular formula is C23H24N2O6S. The lowest BCUT2D eigenvalue weighted by Gasteiger charge is -2.10. The smallest absolute Gasteiger partial charge is 0.338 e. The van der Waals surface area contributed by atoms with Crippen LogP contribution in [0.1, 0.15) is 32.1 Å². The van der Waals surface area contributed by atoms with Gasteiger partial charge in [0.05, 0.1) is 17.6 Å². The highest BCUT2D eigenvalue weighted by Crippen LogP contribution is 2.20. The maximum Gasteiger partial charge on any atom is 0.338 e. The zero-order valence-corrected chi connectivity index (χ0v) is 19.0. The van der Waals surface area contributed by atoms with Crippen molar-refractivity contribution < 1.29 is 27.5 Å². The number of benzene rings is 2. The van der Waals surface area contributed by atoms with Gasteiger partial charge >= 0.3 is 5.97 Å². The molecule has 168 valence electrons. The Morgan fingerprint density at radius 3 is 2.31 bits per heavy atom. The standard InChI is InChI=1S/C23H24N2O6S/c1-15-12-21(16(2)25(15)3)22(26)14-31-23(27)17-6-5-7-20(13-17)32(28,29)24-18-8-10-19(30-4)11-9-18/h5-13,24H,14H2,1-4H3. The molecule has 0 unspecified atom stereocenters. The summed E-state index contributed by atoms with van der Waals surface area (Å²) in [7, 11) is -0.579. The average Bonchev–Trinajstić information content (AvgIpc) is 3.05. The van der Waals surface area contributed by atoms with Crippen LogP contribution in [0.5, 0.6) is 5.75 Å². The summed E-state index contributed by atoms with van der Waals surface area (Å²) in [5.41, 5.74) is 2.55. The number of nitrogens with one attached hydrogen (secondary N) is 1. The largest absolute Gasteiger partial charge is 0.497 e. The Balaban J connectivity index is 1.70. The van der Waals surface area contributed by atoms with Crippen LogP contribution < -0.4 is 9.46 Å². The SMILES string of the molecule is COc1ccc(NS(=O)(=O)c2cccc(C(=O)OCC(=O)c3cc(C)n(C)c3C)c2)cc1. The number of anilines is 1. The number of esters is 1. The summed E-state index contributed by atoms with van der Waals surface area (Å²) in [4.78, 5) is 24.8. The summed E-state index contributed by atoms with van der Waals surface area (Å²) in [6.07, 6.45) is 0. The number of nitrogens with zero attached hydrogens (tertiary/aromatic N) is 1. The molecule has 3 aromatic rings. The van der Waals surface area contributed by atoms with Gasteiger partial charge in [-0.2, -0.15) is 0 Å². The van der Waals surface area contributed by atoms with E-state index in [0.29, 0.717) is 17.0 Å². The third-order valence-corrected chi connectivity index (χ3v) is 6.51. The minimum atomic E-state index is -3.94. The lowest BCUT2D eigenvalue weighted by atomic mass is 10.1. The lowest BCUT2D eigenvalue weighted by molar-refractivity contribution is 0.0474. The van der Waals surface area contributed by atoms with E-state index in [4.69, 9.17) is 9.47 Å². The van der Waals surface area contributed by atoms with E-state index in [1.807, 2.05) is 25.5 Å². The summed E-state index contributed by atoms with van der Waals surface area (Å²) in [5, 5.41) is 0. The number of hydrogen-bond acceptors (Lipinski definition) is 6. The predicted molar refractivity (Wildman–Crippen MR) is 120 cm³/mol. The van der Waals surface area contributed by atoms with Crippen molar-refractivity contribution in [2.45, 2.75) is 18.7 Å². The first-order valence-corrected chi connectivity index (χ1v) is 11.2. The highest BCUT2D eigenvalue weighted by Gasteiger charge is 2.19. The average molecular weight is 457 g/mol. The maximum atomic E-state index is 12.7. The second-order valence-electron chi connectivity index (χ2n) is 7.20. The van der Waals surface area contributed by atoms with Gasteiger partial charge in [0, 0.05) is 29.7 Å². The molecule has 0 aliphatic heterocycles. The van der Waals surface area contributed by atoms with Gasteiger partial charge < -0.3 is 14.0 Å². The van der Waals surface area contributed by atoms with Crippen LogP contribution >= 0.6 is 0 Å². The first kappa shape index (κ1) is 23.1.